The number of benzene rings is 1. The van der Waals surface area contributed by atoms with Gasteiger partial charge in [0.25, 0.3) is 0 Å². The first-order valence-corrected chi connectivity index (χ1v) is 7.37. The van der Waals surface area contributed by atoms with Gasteiger partial charge in [0.15, 0.2) is 0 Å². The minimum absolute atomic E-state index is 0.730. The third-order valence-electron chi connectivity index (χ3n) is 2.55. The minimum Gasteiger partial charge on any atom is -0.271 e. The molecule has 1 aromatic rings. The van der Waals surface area contributed by atoms with Crippen LogP contribution in [0.1, 0.15) is 18.1 Å². The molecule has 0 aliphatic carbocycles. The van der Waals surface area contributed by atoms with Gasteiger partial charge >= 0.3 is 0 Å². The maximum atomic E-state index is 4.61. The summed E-state index contributed by atoms with van der Waals surface area (Å²) < 4.78 is 1.23. The van der Waals surface area contributed by atoms with Gasteiger partial charge in [0, 0.05) is 17.2 Å². The summed E-state index contributed by atoms with van der Waals surface area (Å²) in [5.41, 5.74) is 2.68. The van der Waals surface area contributed by atoms with Gasteiger partial charge in [-0.25, -0.2) is 0 Å². The van der Waals surface area contributed by atoms with E-state index in [0.717, 1.165) is 12.5 Å². The van der Waals surface area contributed by atoms with E-state index in [4.69, 9.17) is 0 Å². The second-order valence-corrected chi connectivity index (χ2v) is 6.69. The molecular weight excluding hydrogens is 234 g/mol. The summed E-state index contributed by atoms with van der Waals surface area (Å²) in [5, 5.41) is 0. The number of hydrogen-bond donors (Lipinski definition) is 0. The summed E-state index contributed by atoms with van der Waals surface area (Å²) in [5.74, 6) is 1.94. The van der Waals surface area contributed by atoms with Gasteiger partial charge in [-0.05, 0) is 31.4 Å². The van der Waals surface area contributed by atoms with Crippen LogP contribution in [0.5, 0.6) is 0 Å². The molecule has 0 aromatic heterocycles. The molecule has 1 aliphatic rings. The molecule has 0 N–H and O–H groups in total. The van der Waals surface area contributed by atoms with E-state index in [9.17, 15) is 0 Å². The maximum absolute atomic E-state index is 4.61. The van der Waals surface area contributed by atoms with Crippen molar-refractivity contribution in [3.05, 3.63) is 29.3 Å². The first-order chi connectivity index (χ1) is 7.65. The van der Waals surface area contributed by atoms with Gasteiger partial charge < -0.3 is 0 Å². The Balaban J connectivity index is 2.09. The molecule has 0 fully saturated rings. The predicted molar refractivity (Wildman–Crippen MR) is 75.7 cm³/mol. The highest BCUT2D eigenvalue weighted by Crippen LogP contribution is 2.32. The van der Waals surface area contributed by atoms with Gasteiger partial charge in [0.1, 0.15) is 4.38 Å². The van der Waals surface area contributed by atoms with E-state index < -0.39 is 0 Å². The van der Waals surface area contributed by atoms with Crippen molar-refractivity contribution in [3.8, 4) is 0 Å². The molecule has 3 heteroatoms. The van der Waals surface area contributed by atoms with Crippen LogP contribution in [0.3, 0.4) is 0 Å². The van der Waals surface area contributed by atoms with Gasteiger partial charge in [-0.2, -0.15) is 0 Å². The van der Waals surface area contributed by atoms with Gasteiger partial charge in [0.2, 0.25) is 0 Å². The summed E-state index contributed by atoms with van der Waals surface area (Å²) >= 11 is 3.71. The van der Waals surface area contributed by atoms with E-state index in [0.29, 0.717) is 0 Å². The number of aryl methyl sites for hydroxylation is 2. The Morgan fingerprint density at radius 1 is 1.38 bits per heavy atom. The molecule has 0 saturated heterocycles. The van der Waals surface area contributed by atoms with E-state index in [-0.39, 0.29) is 0 Å². The fourth-order valence-corrected chi connectivity index (χ4v) is 3.70. The molecule has 1 aromatic carbocycles. The van der Waals surface area contributed by atoms with Gasteiger partial charge in [-0.1, -0.05) is 48.1 Å². The quantitative estimate of drug-likeness (QED) is 0.744. The largest absolute Gasteiger partial charge is 0.271 e. The molecule has 1 nitrogen and oxygen atoms in total. The lowest BCUT2D eigenvalue weighted by atomic mass is 10.2. The molecular formula is C13H17NS2. The number of hydrogen-bond acceptors (Lipinski definition) is 3. The molecule has 86 valence electrons. The monoisotopic (exact) mass is 251 g/mol. The fourth-order valence-electron chi connectivity index (χ4n) is 1.61. The first-order valence-electron chi connectivity index (χ1n) is 5.57. The van der Waals surface area contributed by atoms with Crippen molar-refractivity contribution in [2.75, 3.05) is 12.3 Å². The Bertz CT molecular complexity index is 412. The topological polar surface area (TPSA) is 12.4 Å². The first kappa shape index (κ1) is 12.1. The second-order valence-electron chi connectivity index (χ2n) is 4.39. The van der Waals surface area contributed by atoms with Crippen molar-refractivity contribution in [1.29, 1.82) is 0 Å². The van der Waals surface area contributed by atoms with Crippen LogP contribution in [0.25, 0.3) is 0 Å². The molecule has 1 aliphatic heterocycles. The van der Waals surface area contributed by atoms with Crippen LogP contribution in [0, 0.1) is 19.8 Å². The van der Waals surface area contributed by atoms with Gasteiger partial charge in [-0.3, -0.25) is 4.99 Å². The van der Waals surface area contributed by atoms with E-state index in [1.165, 1.54) is 26.2 Å². The number of nitrogens with zero attached hydrogens (tertiary/aromatic N) is 1. The van der Waals surface area contributed by atoms with Crippen molar-refractivity contribution >= 4 is 27.9 Å². The van der Waals surface area contributed by atoms with Crippen molar-refractivity contribution in [2.45, 2.75) is 25.7 Å². The lowest BCUT2D eigenvalue weighted by molar-refractivity contribution is 0.675. The maximum Gasteiger partial charge on any atom is 0.129 e. The van der Waals surface area contributed by atoms with E-state index >= 15 is 0 Å². The van der Waals surface area contributed by atoms with Crippen LogP contribution in [-0.2, 0) is 0 Å². The Hall–Kier alpha value is -0.410. The summed E-state index contributed by atoms with van der Waals surface area (Å²) in [6.45, 7) is 7.55. The van der Waals surface area contributed by atoms with E-state index in [2.05, 4.69) is 44.0 Å². The zero-order valence-corrected chi connectivity index (χ0v) is 11.6. The minimum atomic E-state index is 0.730. The summed E-state index contributed by atoms with van der Waals surface area (Å²) in [6, 6.07) is 6.61. The highest BCUT2D eigenvalue weighted by Gasteiger charge is 2.13. The molecule has 1 atom stereocenters. The normalized spacial score (nSPS) is 20.7. The second kappa shape index (κ2) is 5.28. The highest BCUT2D eigenvalue weighted by atomic mass is 32.2. The summed E-state index contributed by atoms with van der Waals surface area (Å²) in [6.07, 6.45) is 0. The molecule has 0 bridgehead atoms. The predicted octanol–water partition coefficient (Wildman–Crippen LogP) is 4.13. The third kappa shape index (κ3) is 3.05. The lowest BCUT2D eigenvalue weighted by Gasteiger charge is -2.16. The molecule has 16 heavy (non-hydrogen) atoms. The summed E-state index contributed by atoms with van der Waals surface area (Å²) in [7, 11) is 0. The molecule has 0 amide bonds. The molecule has 0 radical (unpaired) electrons. The number of rotatable bonds is 1. The average Bonchev–Trinajstić information content (AvgIpc) is 2.25. The smallest absolute Gasteiger partial charge is 0.129 e. The van der Waals surface area contributed by atoms with Crippen LogP contribution in [0.4, 0.5) is 0 Å². The van der Waals surface area contributed by atoms with Crippen LogP contribution < -0.4 is 0 Å². The molecule has 2 rings (SSSR count). The van der Waals surface area contributed by atoms with Crippen LogP contribution in [0.15, 0.2) is 28.1 Å². The Morgan fingerprint density at radius 3 is 2.81 bits per heavy atom. The van der Waals surface area contributed by atoms with Gasteiger partial charge in [-0.15, -0.1) is 0 Å². The zero-order valence-electron chi connectivity index (χ0n) is 9.99. The van der Waals surface area contributed by atoms with E-state index in [1.807, 2.05) is 23.5 Å². The van der Waals surface area contributed by atoms with Crippen molar-refractivity contribution in [1.82, 2.24) is 0 Å². The number of aliphatic imine (C=N–C) groups is 1. The molecule has 1 heterocycles. The molecule has 0 spiro atoms. The van der Waals surface area contributed by atoms with Crippen molar-refractivity contribution in [3.63, 3.8) is 0 Å². The highest BCUT2D eigenvalue weighted by molar-refractivity contribution is 8.39. The fraction of sp³-hybridized carbons (Fsp3) is 0.462. The van der Waals surface area contributed by atoms with Crippen LogP contribution in [0.2, 0.25) is 0 Å². The third-order valence-corrected chi connectivity index (χ3v) is 5.25. The Morgan fingerprint density at radius 2 is 2.19 bits per heavy atom. The van der Waals surface area contributed by atoms with Crippen LogP contribution in [-0.4, -0.2) is 16.7 Å². The Labute approximate surface area is 106 Å². The lowest BCUT2D eigenvalue weighted by Crippen LogP contribution is -2.10. The zero-order chi connectivity index (χ0) is 11.5. The van der Waals surface area contributed by atoms with Crippen molar-refractivity contribution in [2.24, 2.45) is 10.9 Å². The van der Waals surface area contributed by atoms with E-state index in [1.54, 1.807) is 0 Å². The number of thioether (sulfide) groups is 2. The van der Waals surface area contributed by atoms with Gasteiger partial charge in [0.05, 0.1) is 0 Å². The van der Waals surface area contributed by atoms with Crippen molar-refractivity contribution < 1.29 is 0 Å². The summed E-state index contributed by atoms with van der Waals surface area (Å²) in [4.78, 5) is 5.95. The average molecular weight is 251 g/mol. The Kier molecular flexibility index (Phi) is 3.98. The molecule has 1 unspecified atom stereocenters. The standard InChI is InChI=1S/C13H17NS2/c1-9-4-5-12(11(3)6-9)16-13-14-7-10(2)8-15-13/h4-6,10H,7-8H2,1-3H3. The van der Waals surface area contributed by atoms with Crippen LogP contribution >= 0.6 is 23.5 Å². The SMILES string of the molecule is Cc1ccc(SC2=NCC(C)CS2)c(C)c1. The molecule has 0 saturated carbocycles.